The molecule has 0 aliphatic rings. The van der Waals surface area contributed by atoms with Gasteiger partial charge in [-0.15, -0.1) is 0 Å². The van der Waals surface area contributed by atoms with E-state index in [1.807, 2.05) is 19.1 Å². The van der Waals surface area contributed by atoms with E-state index < -0.39 is 0 Å². The fraction of sp³-hybridized carbons (Fsp3) is 0.588. The maximum Gasteiger partial charge on any atom is 0.251 e. The zero-order valence-electron chi connectivity index (χ0n) is 13.8. The van der Waals surface area contributed by atoms with Crippen molar-refractivity contribution in [1.82, 2.24) is 5.32 Å². The molecule has 0 unspecified atom stereocenters. The molecule has 0 aromatic heterocycles. The van der Waals surface area contributed by atoms with Crippen LogP contribution in [0.3, 0.4) is 0 Å². The predicted octanol–water partition coefficient (Wildman–Crippen LogP) is 3.42. The number of hydrogen-bond donors (Lipinski definition) is 2. The third-order valence-electron chi connectivity index (χ3n) is 3.57. The fourth-order valence-corrected chi connectivity index (χ4v) is 2.39. The van der Waals surface area contributed by atoms with E-state index >= 15 is 0 Å². The number of amides is 1. The van der Waals surface area contributed by atoms with Crippen LogP contribution < -0.4 is 16.0 Å². The van der Waals surface area contributed by atoms with Crippen LogP contribution in [0.25, 0.3) is 0 Å². The highest BCUT2D eigenvalue weighted by atomic mass is 16.1. The molecule has 1 aromatic carbocycles. The third kappa shape index (κ3) is 4.96. The van der Waals surface area contributed by atoms with Crippen molar-refractivity contribution in [3.8, 4) is 0 Å². The highest BCUT2D eigenvalue weighted by Gasteiger charge is 2.15. The lowest BCUT2D eigenvalue weighted by Crippen LogP contribution is -2.33. The summed E-state index contributed by atoms with van der Waals surface area (Å²) in [7, 11) is 0. The minimum atomic E-state index is -0.0454. The van der Waals surface area contributed by atoms with E-state index in [1.54, 1.807) is 6.07 Å². The van der Waals surface area contributed by atoms with Crippen molar-refractivity contribution in [2.24, 2.45) is 0 Å². The number of nitrogen functional groups attached to an aromatic ring is 1. The van der Waals surface area contributed by atoms with E-state index in [0.717, 1.165) is 24.3 Å². The summed E-state index contributed by atoms with van der Waals surface area (Å²) in [5, 5.41) is 2.83. The lowest BCUT2D eigenvalue weighted by Gasteiger charge is -2.30. The molecule has 4 heteroatoms. The Kier molecular flexibility index (Phi) is 7.06. The van der Waals surface area contributed by atoms with Crippen molar-refractivity contribution in [3.05, 3.63) is 23.8 Å². The molecule has 3 N–H and O–H groups in total. The summed E-state index contributed by atoms with van der Waals surface area (Å²) in [6, 6.07) is 5.88. The quantitative estimate of drug-likeness (QED) is 0.570. The summed E-state index contributed by atoms with van der Waals surface area (Å²) in [5.74, 6) is -0.0454. The van der Waals surface area contributed by atoms with Crippen molar-refractivity contribution in [1.29, 1.82) is 0 Å². The lowest BCUT2D eigenvalue weighted by atomic mass is 10.1. The number of carbonyl (C=O) groups excluding carboxylic acids is 1. The van der Waals surface area contributed by atoms with Crippen LogP contribution in [0.15, 0.2) is 18.2 Å². The van der Waals surface area contributed by atoms with Crippen molar-refractivity contribution in [2.75, 3.05) is 23.7 Å². The number of nitrogens with two attached hydrogens (primary N) is 1. The van der Waals surface area contributed by atoms with Crippen molar-refractivity contribution >= 4 is 17.3 Å². The van der Waals surface area contributed by atoms with Crippen LogP contribution in [0.5, 0.6) is 0 Å². The van der Waals surface area contributed by atoms with Crippen LogP contribution in [-0.2, 0) is 0 Å². The standard InChI is InChI=1S/C17H29N3O/c1-5-7-8-11-20(13(3)4)16-12-14(9-10-15(16)18)17(21)19-6-2/h9-10,12-13H,5-8,11,18H2,1-4H3,(H,19,21). The Morgan fingerprint density at radius 3 is 2.57 bits per heavy atom. The van der Waals surface area contributed by atoms with Gasteiger partial charge >= 0.3 is 0 Å². The number of carbonyl (C=O) groups is 1. The Balaban J connectivity index is 3.00. The number of nitrogens with zero attached hydrogens (tertiary/aromatic N) is 1. The van der Waals surface area contributed by atoms with E-state index in [9.17, 15) is 4.79 Å². The molecule has 1 amide bonds. The SMILES string of the molecule is CCCCCN(c1cc(C(=O)NCC)ccc1N)C(C)C. The van der Waals surface area contributed by atoms with Crippen LogP contribution in [0.2, 0.25) is 0 Å². The number of hydrogen-bond acceptors (Lipinski definition) is 3. The average molecular weight is 291 g/mol. The minimum Gasteiger partial charge on any atom is -0.397 e. The maximum atomic E-state index is 12.0. The molecule has 21 heavy (non-hydrogen) atoms. The summed E-state index contributed by atoms with van der Waals surface area (Å²) < 4.78 is 0. The molecule has 0 fully saturated rings. The summed E-state index contributed by atoms with van der Waals surface area (Å²) >= 11 is 0. The molecule has 0 saturated carbocycles. The molecule has 0 spiro atoms. The Morgan fingerprint density at radius 1 is 1.29 bits per heavy atom. The Bertz CT molecular complexity index is 457. The number of unbranched alkanes of at least 4 members (excludes halogenated alkanes) is 2. The first-order valence-corrected chi connectivity index (χ1v) is 7.95. The normalized spacial score (nSPS) is 10.7. The van der Waals surface area contributed by atoms with Crippen LogP contribution in [0, 0.1) is 0 Å². The summed E-state index contributed by atoms with van der Waals surface area (Å²) in [6.07, 6.45) is 3.54. The molecular weight excluding hydrogens is 262 g/mol. The van der Waals surface area contributed by atoms with E-state index in [4.69, 9.17) is 5.73 Å². The molecular formula is C17H29N3O. The number of benzene rings is 1. The van der Waals surface area contributed by atoms with Crippen LogP contribution >= 0.6 is 0 Å². The highest BCUT2D eigenvalue weighted by Crippen LogP contribution is 2.27. The van der Waals surface area contributed by atoms with Crippen LogP contribution in [-0.4, -0.2) is 25.0 Å². The van der Waals surface area contributed by atoms with E-state index in [2.05, 4.69) is 31.0 Å². The van der Waals surface area contributed by atoms with Crippen LogP contribution in [0.1, 0.15) is 57.3 Å². The van der Waals surface area contributed by atoms with Gasteiger partial charge in [0.15, 0.2) is 0 Å². The molecule has 0 aliphatic carbocycles. The largest absolute Gasteiger partial charge is 0.397 e. The van der Waals surface area contributed by atoms with Crippen molar-refractivity contribution in [3.63, 3.8) is 0 Å². The minimum absolute atomic E-state index is 0.0454. The van der Waals surface area contributed by atoms with Gasteiger partial charge in [0.1, 0.15) is 0 Å². The summed E-state index contributed by atoms with van der Waals surface area (Å²) in [4.78, 5) is 14.3. The molecule has 4 nitrogen and oxygen atoms in total. The van der Waals surface area contributed by atoms with Gasteiger partial charge in [-0.3, -0.25) is 4.79 Å². The zero-order chi connectivity index (χ0) is 15.8. The van der Waals surface area contributed by atoms with Gasteiger partial charge in [-0.2, -0.15) is 0 Å². The van der Waals surface area contributed by atoms with Gasteiger partial charge in [-0.25, -0.2) is 0 Å². The van der Waals surface area contributed by atoms with Crippen LogP contribution in [0.4, 0.5) is 11.4 Å². The van der Waals surface area contributed by atoms with Gasteiger partial charge in [0, 0.05) is 24.7 Å². The predicted molar refractivity (Wildman–Crippen MR) is 90.9 cm³/mol. The molecule has 1 aromatic rings. The Hall–Kier alpha value is -1.71. The second-order valence-electron chi connectivity index (χ2n) is 5.63. The topological polar surface area (TPSA) is 58.4 Å². The van der Waals surface area contributed by atoms with Gasteiger partial charge in [-0.05, 0) is 45.4 Å². The monoisotopic (exact) mass is 291 g/mol. The first-order valence-electron chi connectivity index (χ1n) is 7.95. The molecule has 0 aliphatic heterocycles. The van der Waals surface area contributed by atoms with Crippen molar-refractivity contribution in [2.45, 2.75) is 53.0 Å². The number of anilines is 2. The number of rotatable bonds is 8. The van der Waals surface area contributed by atoms with Gasteiger partial charge in [0.05, 0.1) is 11.4 Å². The molecule has 118 valence electrons. The fourth-order valence-electron chi connectivity index (χ4n) is 2.39. The average Bonchev–Trinajstić information content (AvgIpc) is 2.44. The summed E-state index contributed by atoms with van der Waals surface area (Å²) in [5.41, 5.74) is 8.49. The molecule has 0 saturated heterocycles. The second-order valence-corrected chi connectivity index (χ2v) is 5.63. The molecule has 0 radical (unpaired) electrons. The second kappa shape index (κ2) is 8.55. The summed E-state index contributed by atoms with van der Waals surface area (Å²) in [6.45, 7) is 10.0. The van der Waals surface area contributed by atoms with Gasteiger partial charge in [0.2, 0.25) is 0 Å². The van der Waals surface area contributed by atoms with E-state index in [1.165, 1.54) is 12.8 Å². The van der Waals surface area contributed by atoms with Gasteiger partial charge in [-0.1, -0.05) is 19.8 Å². The number of nitrogens with one attached hydrogen (secondary N) is 1. The van der Waals surface area contributed by atoms with Crippen molar-refractivity contribution < 1.29 is 4.79 Å². The molecule has 0 heterocycles. The van der Waals surface area contributed by atoms with Gasteiger partial charge in [0.25, 0.3) is 5.91 Å². The molecule has 1 rings (SSSR count). The van der Waals surface area contributed by atoms with E-state index in [0.29, 0.717) is 18.2 Å². The Labute approximate surface area is 128 Å². The molecule has 0 bridgehead atoms. The highest BCUT2D eigenvalue weighted by molar-refractivity contribution is 5.96. The first-order chi connectivity index (χ1) is 10.0. The molecule has 0 atom stereocenters. The third-order valence-corrected chi connectivity index (χ3v) is 3.57. The van der Waals surface area contributed by atoms with E-state index in [-0.39, 0.29) is 5.91 Å². The van der Waals surface area contributed by atoms with Gasteiger partial charge < -0.3 is 16.0 Å². The Morgan fingerprint density at radius 2 is 2.00 bits per heavy atom. The maximum absolute atomic E-state index is 12.0. The smallest absolute Gasteiger partial charge is 0.251 e. The first kappa shape index (κ1) is 17.3. The zero-order valence-corrected chi connectivity index (χ0v) is 13.8. The lowest BCUT2D eigenvalue weighted by molar-refractivity contribution is 0.0956.